The molecule has 0 atom stereocenters. The second kappa shape index (κ2) is 5.95. The van der Waals surface area contributed by atoms with Gasteiger partial charge in [0, 0.05) is 25.7 Å². The zero-order chi connectivity index (χ0) is 13.8. The number of carbonyl (C=O) groups excluding carboxylic acids is 1. The molecule has 1 aliphatic heterocycles. The number of hydrogen-bond acceptors (Lipinski definition) is 3. The van der Waals surface area contributed by atoms with Crippen molar-refractivity contribution in [3.63, 3.8) is 0 Å². The van der Waals surface area contributed by atoms with Gasteiger partial charge in [-0.1, -0.05) is 13.0 Å². The minimum absolute atomic E-state index is 0.116. The van der Waals surface area contributed by atoms with E-state index in [9.17, 15) is 4.79 Å². The monoisotopic (exact) mass is 261 g/mol. The normalized spacial score (nSPS) is 13.5. The highest BCUT2D eigenvalue weighted by molar-refractivity contribution is 6.02. The summed E-state index contributed by atoms with van der Waals surface area (Å²) in [6, 6.07) is 6.08. The van der Waals surface area contributed by atoms with Crippen molar-refractivity contribution in [2.75, 3.05) is 30.3 Å². The van der Waals surface area contributed by atoms with Crippen LogP contribution in [0.3, 0.4) is 0 Å². The molecule has 1 aromatic rings. The number of nitrogens with zero attached hydrogens (tertiary/aromatic N) is 1. The van der Waals surface area contributed by atoms with Crippen LogP contribution in [0.5, 0.6) is 0 Å². The molecule has 1 amide bonds. The molecular weight excluding hydrogens is 238 g/mol. The van der Waals surface area contributed by atoms with Crippen molar-refractivity contribution in [3.8, 4) is 0 Å². The van der Waals surface area contributed by atoms with Gasteiger partial charge in [-0.25, -0.2) is 0 Å². The van der Waals surface area contributed by atoms with Gasteiger partial charge in [0.1, 0.15) is 0 Å². The summed E-state index contributed by atoms with van der Waals surface area (Å²) in [5, 5.41) is 6.66. The molecule has 0 unspecified atom stereocenters. The molecule has 0 aromatic heterocycles. The lowest BCUT2D eigenvalue weighted by Gasteiger charge is -2.29. The lowest BCUT2D eigenvalue weighted by Crippen LogP contribution is -2.38. The van der Waals surface area contributed by atoms with Crippen LogP contribution in [0.15, 0.2) is 18.2 Å². The predicted octanol–water partition coefficient (Wildman–Crippen LogP) is 2.78. The van der Waals surface area contributed by atoms with Gasteiger partial charge in [-0.2, -0.15) is 0 Å². The Bertz CT molecular complexity index is 457. The summed E-state index contributed by atoms with van der Waals surface area (Å²) in [5.74, 6) is 0.116. The third kappa shape index (κ3) is 2.83. The number of rotatable bonds is 4. The molecule has 0 aliphatic carbocycles. The number of amides is 1. The van der Waals surface area contributed by atoms with Crippen molar-refractivity contribution >= 4 is 17.3 Å². The van der Waals surface area contributed by atoms with E-state index in [2.05, 4.69) is 31.4 Å². The van der Waals surface area contributed by atoms with Crippen LogP contribution >= 0.6 is 0 Å². The summed E-state index contributed by atoms with van der Waals surface area (Å²) in [5.41, 5.74) is 2.74. The summed E-state index contributed by atoms with van der Waals surface area (Å²) in [7, 11) is 0. The summed E-state index contributed by atoms with van der Waals surface area (Å²) < 4.78 is 0. The highest BCUT2D eigenvalue weighted by Gasteiger charge is 2.23. The third-order valence-electron chi connectivity index (χ3n) is 3.39. The van der Waals surface area contributed by atoms with Crippen LogP contribution in [-0.2, 0) is 0 Å². The van der Waals surface area contributed by atoms with E-state index in [1.165, 1.54) is 0 Å². The van der Waals surface area contributed by atoms with Crippen molar-refractivity contribution in [1.29, 1.82) is 0 Å². The number of carbonyl (C=O) groups is 1. The van der Waals surface area contributed by atoms with Crippen LogP contribution in [0, 0.1) is 0 Å². The van der Waals surface area contributed by atoms with Gasteiger partial charge >= 0.3 is 0 Å². The highest BCUT2D eigenvalue weighted by atomic mass is 16.2. The molecule has 0 fully saturated rings. The van der Waals surface area contributed by atoms with E-state index >= 15 is 0 Å². The lowest BCUT2D eigenvalue weighted by atomic mass is 10.1. The number of fused-ring (bicyclic) bond motifs is 1. The van der Waals surface area contributed by atoms with Gasteiger partial charge in [0.25, 0.3) is 5.91 Å². The van der Waals surface area contributed by atoms with Crippen molar-refractivity contribution in [2.24, 2.45) is 0 Å². The topological polar surface area (TPSA) is 44.4 Å². The van der Waals surface area contributed by atoms with Crippen molar-refractivity contribution in [3.05, 3.63) is 23.8 Å². The van der Waals surface area contributed by atoms with Crippen LogP contribution in [0.4, 0.5) is 11.4 Å². The number of nitrogens with one attached hydrogen (secondary N) is 2. The fourth-order valence-electron chi connectivity index (χ4n) is 2.44. The SMILES string of the molecule is CCCN(C(=O)c1cccc2c1NCCN2)C(C)C. The Hall–Kier alpha value is -1.71. The molecule has 1 aromatic carbocycles. The largest absolute Gasteiger partial charge is 0.382 e. The second-order valence-electron chi connectivity index (χ2n) is 5.17. The highest BCUT2D eigenvalue weighted by Crippen LogP contribution is 2.29. The first-order valence-corrected chi connectivity index (χ1v) is 7.07. The summed E-state index contributed by atoms with van der Waals surface area (Å²) >= 11 is 0. The van der Waals surface area contributed by atoms with Crippen LogP contribution in [0.2, 0.25) is 0 Å². The van der Waals surface area contributed by atoms with Gasteiger partial charge < -0.3 is 15.5 Å². The Kier molecular flexibility index (Phi) is 4.30. The van der Waals surface area contributed by atoms with E-state index < -0.39 is 0 Å². The Morgan fingerprint density at radius 2 is 2.05 bits per heavy atom. The molecule has 2 rings (SSSR count). The minimum Gasteiger partial charge on any atom is -0.382 e. The molecule has 0 spiro atoms. The molecule has 1 heterocycles. The molecule has 19 heavy (non-hydrogen) atoms. The lowest BCUT2D eigenvalue weighted by molar-refractivity contribution is 0.0707. The molecule has 0 saturated carbocycles. The summed E-state index contributed by atoms with van der Waals surface area (Å²) in [6.07, 6.45) is 0.977. The molecule has 4 heteroatoms. The molecular formula is C15H23N3O. The first-order chi connectivity index (χ1) is 9.15. The van der Waals surface area contributed by atoms with E-state index in [0.29, 0.717) is 0 Å². The van der Waals surface area contributed by atoms with Crippen LogP contribution in [0.1, 0.15) is 37.6 Å². The minimum atomic E-state index is 0.116. The zero-order valence-electron chi connectivity index (χ0n) is 12.0. The number of hydrogen-bond donors (Lipinski definition) is 2. The first kappa shape index (κ1) is 13.7. The van der Waals surface area contributed by atoms with Gasteiger partial charge in [-0.05, 0) is 32.4 Å². The van der Waals surface area contributed by atoms with Crippen molar-refractivity contribution in [2.45, 2.75) is 33.2 Å². The van der Waals surface area contributed by atoms with Gasteiger partial charge in [0.15, 0.2) is 0 Å². The fraction of sp³-hybridized carbons (Fsp3) is 0.533. The first-order valence-electron chi connectivity index (χ1n) is 7.07. The van der Waals surface area contributed by atoms with Crippen LogP contribution in [0.25, 0.3) is 0 Å². The van der Waals surface area contributed by atoms with Crippen LogP contribution in [-0.4, -0.2) is 36.5 Å². The van der Waals surface area contributed by atoms with Gasteiger partial charge in [-0.15, -0.1) is 0 Å². The van der Waals surface area contributed by atoms with E-state index in [0.717, 1.165) is 43.0 Å². The van der Waals surface area contributed by atoms with Crippen molar-refractivity contribution < 1.29 is 4.79 Å². The predicted molar refractivity (Wildman–Crippen MR) is 79.9 cm³/mol. The van der Waals surface area contributed by atoms with Gasteiger partial charge in [0.2, 0.25) is 0 Å². The Labute approximate surface area is 115 Å². The summed E-state index contributed by atoms with van der Waals surface area (Å²) in [6.45, 7) is 8.78. The van der Waals surface area contributed by atoms with E-state index in [1.807, 2.05) is 23.1 Å². The molecule has 2 N–H and O–H groups in total. The molecule has 0 radical (unpaired) electrons. The maximum absolute atomic E-state index is 12.7. The maximum atomic E-state index is 12.7. The quantitative estimate of drug-likeness (QED) is 0.876. The summed E-state index contributed by atoms with van der Waals surface area (Å²) in [4.78, 5) is 14.6. The Morgan fingerprint density at radius 3 is 2.74 bits per heavy atom. The van der Waals surface area contributed by atoms with Crippen LogP contribution < -0.4 is 10.6 Å². The van der Waals surface area contributed by atoms with E-state index in [-0.39, 0.29) is 11.9 Å². The second-order valence-corrected chi connectivity index (χ2v) is 5.17. The smallest absolute Gasteiger partial charge is 0.256 e. The molecule has 0 saturated heterocycles. The van der Waals surface area contributed by atoms with E-state index in [1.54, 1.807) is 0 Å². The molecule has 104 valence electrons. The Morgan fingerprint density at radius 1 is 1.32 bits per heavy atom. The van der Waals surface area contributed by atoms with E-state index in [4.69, 9.17) is 0 Å². The van der Waals surface area contributed by atoms with Gasteiger partial charge in [0.05, 0.1) is 16.9 Å². The van der Waals surface area contributed by atoms with Gasteiger partial charge in [-0.3, -0.25) is 4.79 Å². The molecule has 1 aliphatic rings. The Balaban J connectivity index is 2.32. The molecule has 4 nitrogen and oxygen atoms in total. The van der Waals surface area contributed by atoms with Crippen molar-refractivity contribution in [1.82, 2.24) is 4.90 Å². The standard InChI is InChI=1S/C15H23N3O/c1-4-10-18(11(2)3)15(19)12-6-5-7-13-14(12)17-9-8-16-13/h5-7,11,16-17H,4,8-10H2,1-3H3. The average molecular weight is 261 g/mol. The number of benzene rings is 1. The fourth-order valence-corrected chi connectivity index (χ4v) is 2.44. The maximum Gasteiger partial charge on any atom is 0.256 e. The zero-order valence-corrected chi connectivity index (χ0v) is 12.0. The molecule has 0 bridgehead atoms. The number of para-hydroxylation sites is 1. The number of anilines is 2. The third-order valence-corrected chi connectivity index (χ3v) is 3.39. The average Bonchev–Trinajstić information content (AvgIpc) is 2.43.